The van der Waals surface area contributed by atoms with E-state index in [1.165, 1.54) is 34.1 Å². The zero-order chi connectivity index (χ0) is 35.3. The summed E-state index contributed by atoms with van der Waals surface area (Å²) >= 11 is 0. The number of nitro benzene ring substituents is 1. The molecular weight excluding hydrogens is 622 g/mol. The first-order valence-corrected chi connectivity index (χ1v) is 15.2. The lowest BCUT2D eigenvalue weighted by Crippen LogP contribution is -2.33. The number of ether oxygens (including phenoxy) is 4. The van der Waals surface area contributed by atoms with Gasteiger partial charge in [-0.2, -0.15) is 0 Å². The number of hydrogen-bond acceptors (Lipinski definition) is 14. The van der Waals surface area contributed by atoms with Crippen LogP contribution in [-0.2, 0) is 18.9 Å². The molecule has 4 amide bonds. The molecule has 19 nitrogen and oxygen atoms in total. The molecular formula is C28H47N9O10. The highest BCUT2D eigenvalue weighted by atomic mass is 16.6. The van der Waals surface area contributed by atoms with E-state index in [0.717, 1.165) is 0 Å². The van der Waals surface area contributed by atoms with Crippen LogP contribution in [0.5, 0.6) is 0 Å². The molecule has 0 radical (unpaired) electrons. The van der Waals surface area contributed by atoms with Crippen molar-refractivity contribution in [3.05, 3.63) is 34.4 Å². The van der Waals surface area contributed by atoms with E-state index in [1.54, 1.807) is 16.8 Å². The van der Waals surface area contributed by atoms with Gasteiger partial charge in [-0.3, -0.25) is 15.0 Å². The number of likely N-dealkylation sites (N-methyl/N-ethyl adjacent to an activating group) is 2. The Kier molecular flexibility index (Phi) is 15.3. The number of amides is 4. The van der Waals surface area contributed by atoms with Crippen LogP contribution in [0.3, 0.4) is 0 Å². The Morgan fingerprint density at radius 1 is 0.745 bits per heavy atom. The number of non-ortho nitro benzene ring substituents is 1. The third-order valence-electron chi connectivity index (χ3n) is 7.21. The molecule has 4 saturated heterocycles. The second-order valence-electron chi connectivity index (χ2n) is 11.0. The first-order valence-electron chi connectivity index (χ1n) is 15.2. The first kappa shape index (κ1) is 38.7. The van der Waals surface area contributed by atoms with E-state index in [1.807, 2.05) is 20.8 Å². The van der Waals surface area contributed by atoms with Gasteiger partial charge in [0.1, 0.15) is 24.4 Å². The van der Waals surface area contributed by atoms with Crippen LogP contribution in [0.25, 0.3) is 0 Å². The second kappa shape index (κ2) is 18.6. The Morgan fingerprint density at radius 2 is 1.21 bits per heavy atom. The van der Waals surface area contributed by atoms with E-state index in [-0.39, 0.29) is 61.0 Å². The Balaban J connectivity index is 0.000000226. The fourth-order valence-corrected chi connectivity index (χ4v) is 4.42. The molecule has 4 atom stereocenters. The topological polar surface area (TPSA) is 265 Å². The van der Waals surface area contributed by atoms with E-state index >= 15 is 0 Å². The molecule has 0 aromatic heterocycles. The number of cyclic esters (lactones) is 4. The molecule has 264 valence electrons. The second-order valence-corrected chi connectivity index (χ2v) is 11.0. The highest BCUT2D eigenvalue weighted by Gasteiger charge is 2.33. The van der Waals surface area contributed by atoms with Gasteiger partial charge in [-0.1, -0.05) is 0 Å². The number of anilines is 1. The van der Waals surface area contributed by atoms with Crippen LogP contribution in [0.4, 0.5) is 30.6 Å². The lowest BCUT2D eigenvalue weighted by molar-refractivity contribution is -0.384. The molecule has 1 aromatic carbocycles. The summed E-state index contributed by atoms with van der Waals surface area (Å²) in [6.45, 7) is 10.3. The third-order valence-corrected chi connectivity index (χ3v) is 7.21. The largest absolute Gasteiger partial charge is 0.443 e. The number of hydrogen-bond donors (Lipinski definition) is 4. The molecule has 4 unspecified atom stereocenters. The van der Waals surface area contributed by atoms with Gasteiger partial charge in [0.2, 0.25) is 0 Å². The molecule has 0 aliphatic carbocycles. The summed E-state index contributed by atoms with van der Waals surface area (Å²) < 4.78 is 19.6. The van der Waals surface area contributed by atoms with Crippen molar-refractivity contribution in [2.75, 3.05) is 70.9 Å². The fraction of sp³-hybridized carbons (Fsp3) is 0.643. The van der Waals surface area contributed by atoms with E-state index in [4.69, 9.17) is 41.9 Å². The minimum absolute atomic E-state index is 0.0170. The Labute approximate surface area is 273 Å². The zero-order valence-corrected chi connectivity index (χ0v) is 27.2. The minimum atomic E-state index is -0.491. The van der Waals surface area contributed by atoms with E-state index < -0.39 is 11.0 Å². The summed E-state index contributed by atoms with van der Waals surface area (Å²) in [5.74, 6) is 0. The number of carbonyl (C=O) groups is 4. The molecule has 8 N–H and O–H groups in total. The molecule has 5 rings (SSSR count). The molecule has 4 fully saturated rings. The molecule has 47 heavy (non-hydrogen) atoms. The van der Waals surface area contributed by atoms with Crippen LogP contribution in [0.2, 0.25) is 0 Å². The highest BCUT2D eigenvalue weighted by Crippen LogP contribution is 2.23. The van der Waals surface area contributed by atoms with Gasteiger partial charge in [0.05, 0.1) is 31.1 Å². The Morgan fingerprint density at radius 3 is 1.55 bits per heavy atom. The summed E-state index contributed by atoms with van der Waals surface area (Å²) in [5.41, 5.74) is 21.9. The van der Waals surface area contributed by atoms with E-state index in [9.17, 15) is 29.3 Å². The van der Waals surface area contributed by atoms with Gasteiger partial charge in [0.15, 0.2) is 0 Å². The van der Waals surface area contributed by atoms with Gasteiger partial charge < -0.3 is 56.6 Å². The zero-order valence-electron chi connectivity index (χ0n) is 27.2. The number of nitrogens with zero attached hydrogens (tertiary/aromatic N) is 5. The van der Waals surface area contributed by atoms with Crippen molar-refractivity contribution >= 4 is 35.7 Å². The van der Waals surface area contributed by atoms with Crippen molar-refractivity contribution in [2.45, 2.75) is 51.2 Å². The number of rotatable bonds is 8. The van der Waals surface area contributed by atoms with Crippen LogP contribution in [0.15, 0.2) is 24.3 Å². The standard InChI is InChI=1S/C10H11N3O4.C7H14N2O2.C6H12N2O2.C5H10N2O2/c11-5-9-6-12(10(14)17-9)7-1-3-8(4-2-7)13(15)16;1-5(2)9-4-6(3-8)11-7(9)10;1-2-8-4-5(3-7)10-6(8)9;1-7-3-4(2-6)9-5(7)8/h1-4,9H,5-6,11H2;5-6H,3-4,8H2,1-2H3;5H,2-4,7H2,1H3;4H,2-3,6H2,1H3. The third kappa shape index (κ3) is 11.4. The van der Waals surface area contributed by atoms with Gasteiger partial charge in [-0.05, 0) is 32.9 Å². The molecule has 4 heterocycles. The van der Waals surface area contributed by atoms with Gasteiger partial charge in [-0.25, -0.2) is 19.2 Å². The van der Waals surface area contributed by atoms with Crippen molar-refractivity contribution < 1.29 is 43.0 Å². The summed E-state index contributed by atoms with van der Waals surface area (Å²) in [4.78, 5) is 60.1. The Hall–Kier alpha value is -4.46. The summed E-state index contributed by atoms with van der Waals surface area (Å²) in [6.07, 6.45) is -1.84. The maximum absolute atomic E-state index is 11.5. The summed E-state index contributed by atoms with van der Waals surface area (Å²) in [7, 11) is 1.69. The van der Waals surface area contributed by atoms with Gasteiger partial charge in [-0.15, -0.1) is 0 Å². The van der Waals surface area contributed by atoms with Crippen LogP contribution in [0, 0.1) is 10.1 Å². The number of benzene rings is 1. The molecule has 0 spiro atoms. The molecule has 19 heteroatoms. The lowest BCUT2D eigenvalue weighted by Gasteiger charge is -2.16. The van der Waals surface area contributed by atoms with Gasteiger partial charge in [0.25, 0.3) is 5.69 Å². The van der Waals surface area contributed by atoms with Crippen molar-refractivity contribution in [2.24, 2.45) is 22.9 Å². The molecule has 4 aliphatic heterocycles. The minimum Gasteiger partial charge on any atom is -0.443 e. The van der Waals surface area contributed by atoms with E-state index in [2.05, 4.69) is 0 Å². The summed E-state index contributed by atoms with van der Waals surface area (Å²) in [5, 5.41) is 10.5. The molecule has 0 bridgehead atoms. The summed E-state index contributed by atoms with van der Waals surface area (Å²) in [6, 6.07) is 5.92. The monoisotopic (exact) mass is 669 g/mol. The van der Waals surface area contributed by atoms with Crippen molar-refractivity contribution in [1.29, 1.82) is 0 Å². The molecule has 0 saturated carbocycles. The van der Waals surface area contributed by atoms with Crippen molar-refractivity contribution in [1.82, 2.24) is 14.7 Å². The van der Waals surface area contributed by atoms with Gasteiger partial charge in [0, 0.05) is 63.6 Å². The van der Waals surface area contributed by atoms with Crippen LogP contribution in [-0.4, -0.2) is 140 Å². The highest BCUT2D eigenvalue weighted by molar-refractivity contribution is 5.89. The van der Waals surface area contributed by atoms with Crippen LogP contribution < -0.4 is 27.8 Å². The van der Waals surface area contributed by atoms with Crippen LogP contribution >= 0.6 is 0 Å². The van der Waals surface area contributed by atoms with Crippen molar-refractivity contribution in [3.8, 4) is 0 Å². The smallest absolute Gasteiger partial charge is 0.414 e. The number of nitro groups is 1. The SMILES string of the molecule is CC(C)N1CC(CN)OC1=O.CCN1CC(CN)OC1=O.CN1CC(CN)OC1=O.NCC1CN(c2ccc([N+](=O)[O-])cc2)C(=O)O1. The van der Waals surface area contributed by atoms with Gasteiger partial charge >= 0.3 is 24.4 Å². The lowest BCUT2D eigenvalue weighted by atomic mass is 10.2. The number of carbonyl (C=O) groups excluding carboxylic acids is 4. The van der Waals surface area contributed by atoms with Crippen molar-refractivity contribution in [3.63, 3.8) is 0 Å². The maximum Gasteiger partial charge on any atom is 0.414 e. The first-order chi connectivity index (χ1) is 22.3. The average Bonchev–Trinajstić information content (AvgIpc) is 3.82. The van der Waals surface area contributed by atoms with Crippen LogP contribution in [0.1, 0.15) is 20.8 Å². The predicted molar refractivity (Wildman–Crippen MR) is 169 cm³/mol. The quantitative estimate of drug-likeness (QED) is 0.164. The molecule has 4 aliphatic rings. The van der Waals surface area contributed by atoms with E-state index in [0.29, 0.717) is 58.0 Å². The average molecular weight is 670 g/mol. The number of nitrogens with two attached hydrogens (primary N) is 4. The molecule has 1 aromatic rings. The predicted octanol–water partition coefficient (Wildman–Crippen LogP) is 0.235. The Bertz CT molecular complexity index is 1210. The fourth-order valence-electron chi connectivity index (χ4n) is 4.42. The maximum atomic E-state index is 11.5. The normalized spacial score (nSPS) is 23.2.